The topological polar surface area (TPSA) is 95.0 Å². The van der Waals surface area contributed by atoms with Crippen LogP contribution in [0.5, 0.6) is 0 Å². The van der Waals surface area contributed by atoms with Crippen molar-refractivity contribution in [3.8, 4) is 0 Å². The van der Waals surface area contributed by atoms with Crippen LogP contribution in [0.15, 0.2) is 22.9 Å². The fourth-order valence-electron chi connectivity index (χ4n) is 2.13. The van der Waals surface area contributed by atoms with E-state index in [1.165, 1.54) is 0 Å². The standard InChI is InChI=1S/C15H15N3O3/c1-8-17-11-4-2-3-10(16)14(11)15(21)18(8)12-6-5-9(19)7-13(12)20/h2-4,12H,5-7,16H2,1H3/i1D3,2D,3D,5D2,6D2. The third kappa shape index (κ3) is 2.12. The monoisotopic (exact) mass is 294 g/mol. The third-order valence-electron chi connectivity index (χ3n) is 3.07. The molecular weight excluding hydrogens is 270 g/mol. The van der Waals surface area contributed by atoms with Crippen LogP contribution in [-0.2, 0) is 9.59 Å². The molecule has 1 heterocycles. The van der Waals surface area contributed by atoms with Crippen molar-refractivity contribution in [3.63, 3.8) is 0 Å². The molecule has 1 aromatic heterocycles. The van der Waals surface area contributed by atoms with E-state index in [-0.39, 0.29) is 10.1 Å². The van der Waals surface area contributed by atoms with Crippen molar-refractivity contribution >= 4 is 28.2 Å². The lowest BCUT2D eigenvalue weighted by Crippen LogP contribution is -2.36. The van der Waals surface area contributed by atoms with Crippen molar-refractivity contribution in [1.82, 2.24) is 9.55 Å². The molecule has 108 valence electrons. The maximum atomic E-state index is 13.2. The molecule has 2 N–H and O–H groups in total. The van der Waals surface area contributed by atoms with Gasteiger partial charge in [-0.05, 0) is 25.3 Å². The minimum Gasteiger partial charge on any atom is -0.398 e. The Bertz CT molecular complexity index is 1170. The Balaban J connectivity index is 2.51. The molecule has 6 heteroatoms. The Morgan fingerprint density at radius 2 is 2.33 bits per heavy atom. The minimum atomic E-state index is -3.29. The zero-order chi connectivity index (χ0) is 23.0. The van der Waals surface area contributed by atoms with Crippen LogP contribution in [0.4, 0.5) is 5.69 Å². The third-order valence-corrected chi connectivity index (χ3v) is 3.07. The molecule has 0 aliphatic heterocycles. The fourth-order valence-corrected chi connectivity index (χ4v) is 2.13. The lowest BCUT2D eigenvalue weighted by atomic mass is 9.92. The van der Waals surface area contributed by atoms with E-state index in [9.17, 15) is 14.4 Å². The number of aromatic nitrogens is 2. The van der Waals surface area contributed by atoms with E-state index < -0.39 is 78.2 Å². The van der Waals surface area contributed by atoms with Gasteiger partial charge in [0.15, 0.2) is 5.78 Å². The molecule has 1 fully saturated rings. The highest BCUT2D eigenvalue weighted by molar-refractivity contribution is 6.03. The van der Waals surface area contributed by atoms with Crippen LogP contribution in [0, 0.1) is 6.85 Å². The van der Waals surface area contributed by atoms with Gasteiger partial charge in [-0.2, -0.15) is 0 Å². The van der Waals surface area contributed by atoms with Crippen LogP contribution < -0.4 is 11.3 Å². The average Bonchev–Trinajstić information content (AvgIpc) is 2.59. The fraction of sp³-hybridized carbons (Fsp3) is 0.333. The predicted molar refractivity (Wildman–Crippen MR) is 78.1 cm³/mol. The van der Waals surface area contributed by atoms with Gasteiger partial charge in [0.1, 0.15) is 11.6 Å². The number of hydrogen-bond acceptors (Lipinski definition) is 5. The van der Waals surface area contributed by atoms with E-state index in [1.807, 2.05) is 0 Å². The van der Waals surface area contributed by atoms with Gasteiger partial charge in [0, 0.05) is 21.7 Å². The first-order valence-electron chi connectivity index (χ1n) is 10.4. The van der Waals surface area contributed by atoms with E-state index >= 15 is 0 Å². The number of aryl methyl sites for hydroxylation is 1. The number of benzene rings is 1. The predicted octanol–water partition coefficient (Wildman–Crippen LogP) is 1.15. The molecule has 1 saturated carbocycles. The zero-order valence-electron chi connectivity index (χ0n) is 19.6. The summed E-state index contributed by atoms with van der Waals surface area (Å²) in [6, 6.07) is -2.37. The van der Waals surface area contributed by atoms with E-state index in [2.05, 4.69) is 4.98 Å². The van der Waals surface area contributed by atoms with E-state index in [1.54, 1.807) is 0 Å². The van der Waals surface area contributed by atoms with Crippen molar-refractivity contribution < 1.29 is 21.9 Å². The SMILES string of the molecule is [2H]c1cc2nc(C([2H])([2H])[2H])n(C3C(=O)CC(=O)C([2H])([2H])C3([2H])[2H])c(=O)c2c(N)c1[2H]. The average molecular weight is 294 g/mol. The van der Waals surface area contributed by atoms with Crippen molar-refractivity contribution in [2.75, 3.05) is 5.73 Å². The second-order valence-electron chi connectivity index (χ2n) is 4.44. The van der Waals surface area contributed by atoms with Crippen LogP contribution in [0.25, 0.3) is 10.9 Å². The molecule has 1 unspecified atom stereocenters. The summed E-state index contributed by atoms with van der Waals surface area (Å²) in [5.74, 6) is -3.56. The molecule has 0 spiro atoms. The van der Waals surface area contributed by atoms with Gasteiger partial charge in [-0.25, -0.2) is 4.98 Å². The number of Topliss-reactive ketones (excluding diaryl/α,β-unsaturated/α-hetero) is 2. The molecule has 1 aromatic carbocycles. The number of nitrogen functional groups attached to an aromatic ring is 1. The maximum absolute atomic E-state index is 13.2. The molecule has 1 aliphatic rings. The number of fused-ring (bicyclic) bond motifs is 1. The van der Waals surface area contributed by atoms with Gasteiger partial charge in [-0.1, -0.05) is 6.04 Å². The van der Waals surface area contributed by atoms with Crippen LogP contribution in [0.3, 0.4) is 0 Å². The number of nitrogens with two attached hydrogens (primary N) is 1. The molecule has 1 aliphatic carbocycles. The van der Waals surface area contributed by atoms with Crippen molar-refractivity contribution in [1.29, 1.82) is 0 Å². The molecule has 0 saturated heterocycles. The molecule has 6 nitrogen and oxygen atoms in total. The highest BCUT2D eigenvalue weighted by atomic mass is 16.2. The highest BCUT2D eigenvalue weighted by Crippen LogP contribution is 2.24. The highest BCUT2D eigenvalue weighted by Gasteiger charge is 2.30. The van der Waals surface area contributed by atoms with Gasteiger partial charge in [0.25, 0.3) is 5.56 Å². The van der Waals surface area contributed by atoms with Gasteiger partial charge in [-0.3, -0.25) is 19.0 Å². The van der Waals surface area contributed by atoms with Gasteiger partial charge in [0.2, 0.25) is 0 Å². The summed E-state index contributed by atoms with van der Waals surface area (Å²) in [6.45, 7) is -3.14. The summed E-state index contributed by atoms with van der Waals surface area (Å²) in [4.78, 5) is 41.5. The van der Waals surface area contributed by atoms with Crippen LogP contribution in [0.2, 0.25) is 0 Å². The Kier molecular flexibility index (Phi) is 1.49. The second kappa shape index (κ2) is 4.80. The Morgan fingerprint density at radius 1 is 1.52 bits per heavy atom. The van der Waals surface area contributed by atoms with Crippen LogP contribution >= 0.6 is 0 Å². The maximum Gasteiger partial charge on any atom is 0.264 e. The van der Waals surface area contributed by atoms with Gasteiger partial charge >= 0.3 is 0 Å². The summed E-state index contributed by atoms with van der Waals surface area (Å²) in [7, 11) is 0. The molecule has 2 aromatic rings. The van der Waals surface area contributed by atoms with Crippen molar-refractivity contribution in [2.45, 2.75) is 32.1 Å². The first kappa shape index (κ1) is 6.51. The summed E-state index contributed by atoms with van der Waals surface area (Å²) >= 11 is 0. The van der Waals surface area contributed by atoms with Gasteiger partial charge in [-0.15, -0.1) is 0 Å². The summed E-state index contributed by atoms with van der Waals surface area (Å²) in [5, 5.41) is -0.509. The number of carbonyl (C=O) groups is 2. The first-order chi connectivity index (χ1) is 13.5. The summed E-state index contributed by atoms with van der Waals surface area (Å²) in [6.07, 6.45) is -7.53. The first-order valence-corrected chi connectivity index (χ1v) is 5.92. The number of nitrogens with zero attached hydrogens (tertiary/aromatic N) is 2. The van der Waals surface area contributed by atoms with Crippen molar-refractivity contribution in [2.24, 2.45) is 0 Å². The Labute approximate surface area is 133 Å². The molecular formula is C15H15N3O3. The molecule has 21 heavy (non-hydrogen) atoms. The van der Waals surface area contributed by atoms with Gasteiger partial charge < -0.3 is 5.73 Å². The number of anilines is 1. The van der Waals surface area contributed by atoms with Gasteiger partial charge in [0.05, 0.1) is 26.1 Å². The number of hydrogen-bond donors (Lipinski definition) is 1. The second-order valence-corrected chi connectivity index (χ2v) is 4.44. The largest absolute Gasteiger partial charge is 0.398 e. The quantitative estimate of drug-likeness (QED) is 0.629. The van der Waals surface area contributed by atoms with E-state index in [4.69, 9.17) is 18.1 Å². The summed E-state index contributed by atoms with van der Waals surface area (Å²) < 4.78 is 70.6. The Morgan fingerprint density at radius 3 is 3.10 bits per heavy atom. The normalized spacial score (nSPS) is 30.9. The van der Waals surface area contributed by atoms with E-state index in [0.29, 0.717) is 0 Å². The smallest absolute Gasteiger partial charge is 0.264 e. The summed E-state index contributed by atoms with van der Waals surface area (Å²) in [5.41, 5.74) is 3.59. The number of carbonyl (C=O) groups excluding carboxylic acids is 2. The Hall–Kier alpha value is -2.50. The molecule has 1 atom stereocenters. The van der Waals surface area contributed by atoms with Crippen molar-refractivity contribution in [3.05, 3.63) is 34.3 Å². The lowest BCUT2D eigenvalue weighted by molar-refractivity contribution is -0.132. The minimum absolute atomic E-state index is 0.210. The zero-order valence-corrected chi connectivity index (χ0v) is 10.6. The molecule has 0 bridgehead atoms. The lowest BCUT2D eigenvalue weighted by Gasteiger charge is -2.24. The molecule has 0 radical (unpaired) electrons. The van der Waals surface area contributed by atoms with Crippen LogP contribution in [-0.4, -0.2) is 21.1 Å². The number of ketones is 2. The number of rotatable bonds is 1. The molecule has 0 amide bonds. The van der Waals surface area contributed by atoms with E-state index in [0.717, 1.165) is 6.07 Å². The van der Waals surface area contributed by atoms with Crippen LogP contribution in [0.1, 0.15) is 43.4 Å². The molecule has 3 rings (SSSR count).